The quantitative estimate of drug-likeness (QED) is 0.710. The monoisotopic (exact) mass is 228 g/mol. The normalized spacial score (nSPS) is 26.7. The van der Waals surface area contributed by atoms with E-state index in [2.05, 4.69) is 24.5 Å². The molecule has 1 saturated heterocycles. The van der Waals surface area contributed by atoms with Gasteiger partial charge in [0.1, 0.15) is 0 Å². The summed E-state index contributed by atoms with van der Waals surface area (Å²) < 4.78 is 5.12. The summed E-state index contributed by atoms with van der Waals surface area (Å²) in [5.74, 6) is 0.296. The van der Waals surface area contributed by atoms with Crippen molar-refractivity contribution >= 4 is 5.91 Å². The van der Waals surface area contributed by atoms with E-state index in [0.29, 0.717) is 12.6 Å². The molecule has 2 N–H and O–H groups in total. The minimum atomic E-state index is 0.121. The maximum absolute atomic E-state index is 12.0. The molecule has 0 radical (unpaired) electrons. The zero-order valence-electron chi connectivity index (χ0n) is 10.6. The molecule has 0 spiro atoms. The molecular formula is C12H24N2O2. The van der Waals surface area contributed by atoms with Gasteiger partial charge >= 0.3 is 0 Å². The van der Waals surface area contributed by atoms with E-state index in [1.165, 1.54) is 0 Å². The lowest BCUT2D eigenvalue weighted by molar-refractivity contribution is -0.126. The number of rotatable bonds is 6. The van der Waals surface area contributed by atoms with Gasteiger partial charge in [0.25, 0.3) is 0 Å². The van der Waals surface area contributed by atoms with E-state index in [4.69, 9.17) is 4.74 Å². The number of amides is 1. The van der Waals surface area contributed by atoms with Crippen molar-refractivity contribution in [2.24, 2.45) is 5.92 Å². The molecule has 1 heterocycles. The van der Waals surface area contributed by atoms with E-state index in [1.807, 2.05) is 0 Å². The van der Waals surface area contributed by atoms with Crippen LogP contribution >= 0.6 is 0 Å². The molecule has 1 aliphatic heterocycles. The number of methoxy groups -OCH3 is 1. The fourth-order valence-electron chi connectivity index (χ4n) is 2.27. The SMILES string of the molecule is CCCC(COC)NC(=O)C1CCNC1C. The van der Waals surface area contributed by atoms with Gasteiger partial charge in [-0.1, -0.05) is 13.3 Å². The van der Waals surface area contributed by atoms with Gasteiger partial charge in [0.05, 0.1) is 18.6 Å². The van der Waals surface area contributed by atoms with Crippen LogP contribution in [-0.4, -0.2) is 38.3 Å². The molecule has 4 nitrogen and oxygen atoms in total. The first-order valence-electron chi connectivity index (χ1n) is 6.21. The first-order valence-corrected chi connectivity index (χ1v) is 6.21. The summed E-state index contributed by atoms with van der Waals surface area (Å²) in [4.78, 5) is 12.0. The van der Waals surface area contributed by atoms with Crippen molar-refractivity contribution in [1.29, 1.82) is 0 Å². The molecule has 1 aliphatic rings. The second kappa shape index (κ2) is 6.86. The Kier molecular flexibility index (Phi) is 5.77. The molecule has 4 heteroatoms. The average Bonchev–Trinajstić information content (AvgIpc) is 2.65. The van der Waals surface area contributed by atoms with Crippen LogP contribution in [0.4, 0.5) is 0 Å². The Balaban J connectivity index is 2.40. The topological polar surface area (TPSA) is 50.4 Å². The number of hydrogen-bond acceptors (Lipinski definition) is 3. The molecule has 0 saturated carbocycles. The molecule has 1 amide bonds. The predicted octanol–water partition coefficient (Wildman–Crippen LogP) is 0.916. The molecule has 0 aromatic heterocycles. The van der Waals surface area contributed by atoms with Crippen LogP contribution in [0, 0.1) is 5.92 Å². The molecule has 16 heavy (non-hydrogen) atoms. The third-order valence-electron chi connectivity index (χ3n) is 3.21. The van der Waals surface area contributed by atoms with Crippen LogP contribution in [0.3, 0.4) is 0 Å². The summed E-state index contributed by atoms with van der Waals surface area (Å²) >= 11 is 0. The van der Waals surface area contributed by atoms with Gasteiger partial charge in [0, 0.05) is 13.2 Å². The minimum absolute atomic E-state index is 0.121. The number of ether oxygens (including phenoxy) is 1. The Morgan fingerprint density at radius 3 is 2.88 bits per heavy atom. The molecule has 1 rings (SSSR count). The van der Waals surface area contributed by atoms with Gasteiger partial charge in [-0.05, 0) is 26.3 Å². The van der Waals surface area contributed by atoms with Gasteiger partial charge in [-0.2, -0.15) is 0 Å². The zero-order chi connectivity index (χ0) is 12.0. The van der Waals surface area contributed by atoms with Gasteiger partial charge in [-0.15, -0.1) is 0 Å². The van der Waals surface area contributed by atoms with Gasteiger partial charge in [-0.25, -0.2) is 0 Å². The van der Waals surface area contributed by atoms with Gasteiger partial charge in [0.2, 0.25) is 5.91 Å². The highest BCUT2D eigenvalue weighted by atomic mass is 16.5. The van der Waals surface area contributed by atoms with E-state index in [1.54, 1.807) is 7.11 Å². The van der Waals surface area contributed by atoms with Crippen molar-refractivity contribution in [3.63, 3.8) is 0 Å². The number of carbonyl (C=O) groups excluding carboxylic acids is 1. The number of hydrogen-bond donors (Lipinski definition) is 2. The lowest BCUT2D eigenvalue weighted by atomic mass is 10.0. The van der Waals surface area contributed by atoms with E-state index < -0.39 is 0 Å². The zero-order valence-corrected chi connectivity index (χ0v) is 10.6. The Morgan fingerprint density at radius 1 is 1.62 bits per heavy atom. The second-order valence-corrected chi connectivity index (χ2v) is 4.59. The molecular weight excluding hydrogens is 204 g/mol. The molecule has 0 aromatic carbocycles. The largest absolute Gasteiger partial charge is 0.383 e. The summed E-state index contributed by atoms with van der Waals surface area (Å²) in [5.41, 5.74) is 0. The third-order valence-corrected chi connectivity index (χ3v) is 3.21. The van der Waals surface area contributed by atoms with Gasteiger partial charge in [-0.3, -0.25) is 4.79 Å². The molecule has 0 bridgehead atoms. The van der Waals surface area contributed by atoms with Crippen LogP contribution in [0.1, 0.15) is 33.1 Å². The fourth-order valence-corrected chi connectivity index (χ4v) is 2.27. The summed E-state index contributed by atoms with van der Waals surface area (Å²) in [6, 6.07) is 0.458. The Morgan fingerprint density at radius 2 is 2.38 bits per heavy atom. The molecule has 0 aliphatic carbocycles. The highest BCUT2D eigenvalue weighted by Gasteiger charge is 2.30. The van der Waals surface area contributed by atoms with Crippen molar-refractivity contribution < 1.29 is 9.53 Å². The van der Waals surface area contributed by atoms with Crippen LogP contribution in [0.5, 0.6) is 0 Å². The van der Waals surface area contributed by atoms with Crippen molar-refractivity contribution in [2.45, 2.75) is 45.2 Å². The van der Waals surface area contributed by atoms with E-state index in [-0.39, 0.29) is 17.9 Å². The minimum Gasteiger partial charge on any atom is -0.383 e. The van der Waals surface area contributed by atoms with E-state index >= 15 is 0 Å². The Bertz CT molecular complexity index is 215. The van der Waals surface area contributed by atoms with Crippen LogP contribution in [-0.2, 0) is 9.53 Å². The van der Waals surface area contributed by atoms with Crippen LogP contribution in [0.25, 0.3) is 0 Å². The van der Waals surface area contributed by atoms with Crippen LogP contribution in [0.15, 0.2) is 0 Å². The maximum atomic E-state index is 12.0. The number of carbonyl (C=O) groups is 1. The highest BCUT2D eigenvalue weighted by molar-refractivity contribution is 5.80. The first-order chi connectivity index (χ1) is 7.69. The Hall–Kier alpha value is -0.610. The molecule has 3 unspecified atom stereocenters. The Labute approximate surface area is 98.1 Å². The number of nitrogens with one attached hydrogen (secondary N) is 2. The predicted molar refractivity (Wildman–Crippen MR) is 64.3 cm³/mol. The van der Waals surface area contributed by atoms with Crippen LogP contribution in [0.2, 0.25) is 0 Å². The van der Waals surface area contributed by atoms with E-state index in [0.717, 1.165) is 25.8 Å². The highest BCUT2D eigenvalue weighted by Crippen LogP contribution is 2.15. The van der Waals surface area contributed by atoms with Crippen molar-refractivity contribution in [3.05, 3.63) is 0 Å². The fraction of sp³-hybridized carbons (Fsp3) is 0.917. The standard InChI is InChI=1S/C12H24N2O2/c1-4-5-10(8-16-3)14-12(15)11-6-7-13-9(11)2/h9-11,13H,4-8H2,1-3H3,(H,14,15). The molecule has 1 fully saturated rings. The van der Waals surface area contributed by atoms with E-state index in [9.17, 15) is 4.79 Å². The summed E-state index contributed by atoms with van der Waals surface area (Å²) in [7, 11) is 1.68. The molecule has 3 atom stereocenters. The van der Waals surface area contributed by atoms with Crippen molar-refractivity contribution in [2.75, 3.05) is 20.3 Å². The average molecular weight is 228 g/mol. The smallest absolute Gasteiger partial charge is 0.225 e. The van der Waals surface area contributed by atoms with Gasteiger partial charge in [0.15, 0.2) is 0 Å². The molecule has 0 aromatic rings. The summed E-state index contributed by atoms with van der Waals surface area (Å²) in [5, 5.41) is 6.38. The molecule has 94 valence electrons. The lowest BCUT2D eigenvalue weighted by Crippen LogP contribution is -2.44. The maximum Gasteiger partial charge on any atom is 0.225 e. The van der Waals surface area contributed by atoms with Crippen molar-refractivity contribution in [3.8, 4) is 0 Å². The van der Waals surface area contributed by atoms with Crippen molar-refractivity contribution in [1.82, 2.24) is 10.6 Å². The second-order valence-electron chi connectivity index (χ2n) is 4.59. The first kappa shape index (κ1) is 13.5. The van der Waals surface area contributed by atoms with Crippen LogP contribution < -0.4 is 10.6 Å². The summed E-state index contributed by atoms with van der Waals surface area (Å²) in [6.45, 7) is 5.74. The van der Waals surface area contributed by atoms with Gasteiger partial charge < -0.3 is 15.4 Å². The lowest BCUT2D eigenvalue weighted by Gasteiger charge is -2.21. The summed E-state index contributed by atoms with van der Waals surface area (Å²) in [6.07, 6.45) is 2.99. The third kappa shape index (κ3) is 3.76.